The van der Waals surface area contributed by atoms with E-state index in [1.165, 1.54) is 11.1 Å². The van der Waals surface area contributed by atoms with Gasteiger partial charge in [-0.25, -0.2) is 0 Å². The number of hydrogen-bond acceptors (Lipinski definition) is 1. The van der Waals surface area contributed by atoms with Crippen molar-refractivity contribution < 1.29 is 0 Å². The fourth-order valence-electron chi connectivity index (χ4n) is 1.21. The normalized spacial score (nSPS) is 12.5. The van der Waals surface area contributed by atoms with Crippen LogP contribution in [0.4, 0.5) is 0 Å². The third-order valence-electron chi connectivity index (χ3n) is 2.19. The number of aryl methyl sites for hydroxylation is 2. The van der Waals surface area contributed by atoms with Gasteiger partial charge in [-0.15, -0.1) is 6.58 Å². The number of nitrogens with two attached hydrogens (primary N) is 1. The Balaban J connectivity index is 2.45. The Hall–Kier alpha value is -1.08. The molecule has 0 radical (unpaired) electrons. The largest absolute Gasteiger partial charge is 0.324 e. The molecule has 0 saturated carbocycles. The number of benzene rings is 1. The van der Waals surface area contributed by atoms with Gasteiger partial charge in [0.2, 0.25) is 0 Å². The quantitative estimate of drug-likeness (QED) is 0.699. The first kappa shape index (κ1) is 10.0. The first-order chi connectivity index (χ1) is 6.22. The monoisotopic (exact) mass is 175 g/mol. The molecular weight excluding hydrogens is 158 g/mol. The second-order valence-electron chi connectivity index (χ2n) is 3.42. The molecule has 2 N–H and O–H groups in total. The van der Waals surface area contributed by atoms with Crippen molar-refractivity contribution in [1.29, 1.82) is 0 Å². The highest BCUT2D eigenvalue weighted by Gasteiger charge is 1.97. The summed E-state index contributed by atoms with van der Waals surface area (Å²) in [5, 5.41) is 0. The Bertz CT molecular complexity index is 261. The molecule has 0 fully saturated rings. The molecule has 0 amide bonds. The fourth-order valence-corrected chi connectivity index (χ4v) is 1.21. The van der Waals surface area contributed by atoms with E-state index in [9.17, 15) is 0 Å². The molecule has 1 rings (SSSR count). The summed E-state index contributed by atoms with van der Waals surface area (Å²) >= 11 is 0. The summed E-state index contributed by atoms with van der Waals surface area (Å²) in [7, 11) is 0. The topological polar surface area (TPSA) is 26.0 Å². The van der Waals surface area contributed by atoms with Crippen LogP contribution >= 0.6 is 0 Å². The maximum Gasteiger partial charge on any atom is 0.0224 e. The summed E-state index contributed by atoms with van der Waals surface area (Å²) < 4.78 is 0. The van der Waals surface area contributed by atoms with E-state index in [-0.39, 0.29) is 6.04 Å². The number of hydrogen-bond donors (Lipinski definition) is 1. The highest BCUT2D eigenvalue weighted by molar-refractivity contribution is 5.21. The van der Waals surface area contributed by atoms with E-state index in [2.05, 4.69) is 37.8 Å². The lowest BCUT2D eigenvalue weighted by molar-refractivity contribution is 0.722. The Labute approximate surface area is 80.3 Å². The second-order valence-corrected chi connectivity index (χ2v) is 3.42. The Morgan fingerprint density at radius 1 is 1.38 bits per heavy atom. The molecule has 0 saturated heterocycles. The molecule has 0 aromatic heterocycles. The Morgan fingerprint density at radius 2 is 2.00 bits per heavy atom. The molecular formula is C12H17N. The van der Waals surface area contributed by atoms with Crippen molar-refractivity contribution >= 4 is 0 Å². The van der Waals surface area contributed by atoms with E-state index >= 15 is 0 Å². The minimum absolute atomic E-state index is 0.126. The lowest BCUT2D eigenvalue weighted by Gasteiger charge is -2.05. The van der Waals surface area contributed by atoms with Gasteiger partial charge in [0.05, 0.1) is 0 Å². The van der Waals surface area contributed by atoms with Crippen molar-refractivity contribution in [2.75, 3.05) is 0 Å². The van der Waals surface area contributed by atoms with E-state index in [1.807, 2.05) is 0 Å². The van der Waals surface area contributed by atoms with Crippen molar-refractivity contribution in [3.8, 4) is 0 Å². The van der Waals surface area contributed by atoms with Gasteiger partial charge in [0, 0.05) is 6.04 Å². The van der Waals surface area contributed by atoms with E-state index < -0.39 is 0 Å². The molecule has 1 atom stereocenters. The van der Waals surface area contributed by atoms with Crippen LogP contribution in [-0.2, 0) is 6.42 Å². The standard InChI is InChI=1S/C12H17N/c1-3-12(13)9-8-11-6-4-10(2)5-7-11/h3-7,12H,1,8-9,13H2,2H3. The maximum atomic E-state index is 5.73. The lowest BCUT2D eigenvalue weighted by atomic mass is 10.0. The average Bonchev–Trinajstić information content (AvgIpc) is 2.16. The van der Waals surface area contributed by atoms with Gasteiger partial charge in [0.1, 0.15) is 0 Å². The number of rotatable bonds is 4. The van der Waals surface area contributed by atoms with Crippen LogP contribution in [0, 0.1) is 6.92 Å². The molecule has 0 aliphatic heterocycles. The lowest BCUT2D eigenvalue weighted by Crippen LogP contribution is -2.16. The fraction of sp³-hybridized carbons (Fsp3) is 0.333. The van der Waals surface area contributed by atoms with Crippen LogP contribution in [0.2, 0.25) is 0 Å². The van der Waals surface area contributed by atoms with Crippen molar-refractivity contribution in [3.63, 3.8) is 0 Å². The molecule has 1 aromatic carbocycles. The molecule has 0 aliphatic rings. The SMILES string of the molecule is C=CC(N)CCc1ccc(C)cc1. The second kappa shape index (κ2) is 4.83. The first-order valence-corrected chi connectivity index (χ1v) is 4.66. The van der Waals surface area contributed by atoms with Crippen LogP contribution in [0.5, 0.6) is 0 Å². The molecule has 1 heteroatoms. The van der Waals surface area contributed by atoms with Crippen molar-refractivity contribution in [1.82, 2.24) is 0 Å². The van der Waals surface area contributed by atoms with E-state index in [0.717, 1.165) is 12.8 Å². The van der Waals surface area contributed by atoms with Gasteiger partial charge < -0.3 is 5.73 Å². The van der Waals surface area contributed by atoms with Gasteiger partial charge in [-0.05, 0) is 25.3 Å². The van der Waals surface area contributed by atoms with Crippen LogP contribution in [0.3, 0.4) is 0 Å². The van der Waals surface area contributed by atoms with Gasteiger partial charge in [-0.3, -0.25) is 0 Å². The maximum absolute atomic E-state index is 5.73. The molecule has 0 bridgehead atoms. The van der Waals surface area contributed by atoms with Crippen molar-refractivity contribution in [3.05, 3.63) is 48.0 Å². The highest BCUT2D eigenvalue weighted by Crippen LogP contribution is 2.06. The zero-order valence-electron chi connectivity index (χ0n) is 8.16. The predicted octanol–water partition coefficient (Wildman–Crippen LogP) is 2.44. The molecule has 1 nitrogen and oxygen atoms in total. The Kier molecular flexibility index (Phi) is 3.71. The molecule has 13 heavy (non-hydrogen) atoms. The third kappa shape index (κ3) is 3.43. The van der Waals surface area contributed by atoms with Crippen LogP contribution in [0.15, 0.2) is 36.9 Å². The van der Waals surface area contributed by atoms with E-state index in [4.69, 9.17) is 5.73 Å². The van der Waals surface area contributed by atoms with Gasteiger partial charge >= 0.3 is 0 Å². The molecule has 70 valence electrons. The van der Waals surface area contributed by atoms with Gasteiger partial charge in [-0.1, -0.05) is 35.9 Å². The minimum atomic E-state index is 0.126. The summed E-state index contributed by atoms with van der Waals surface area (Å²) in [5.74, 6) is 0. The predicted molar refractivity (Wildman–Crippen MR) is 57.7 cm³/mol. The van der Waals surface area contributed by atoms with E-state index in [0.29, 0.717) is 0 Å². The van der Waals surface area contributed by atoms with Crippen LogP contribution in [0.25, 0.3) is 0 Å². The van der Waals surface area contributed by atoms with Gasteiger partial charge in [-0.2, -0.15) is 0 Å². The minimum Gasteiger partial charge on any atom is -0.324 e. The van der Waals surface area contributed by atoms with Gasteiger partial charge in [0.15, 0.2) is 0 Å². The average molecular weight is 175 g/mol. The van der Waals surface area contributed by atoms with Crippen molar-refractivity contribution in [2.45, 2.75) is 25.8 Å². The zero-order valence-corrected chi connectivity index (χ0v) is 8.16. The molecule has 1 unspecified atom stereocenters. The smallest absolute Gasteiger partial charge is 0.0224 e. The van der Waals surface area contributed by atoms with Crippen molar-refractivity contribution in [2.24, 2.45) is 5.73 Å². The molecule has 1 aromatic rings. The van der Waals surface area contributed by atoms with Crippen LogP contribution in [0.1, 0.15) is 17.5 Å². The summed E-state index contributed by atoms with van der Waals surface area (Å²) in [6.45, 7) is 5.76. The summed E-state index contributed by atoms with van der Waals surface area (Å²) in [5.41, 5.74) is 8.39. The van der Waals surface area contributed by atoms with Crippen LogP contribution < -0.4 is 5.73 Å². The van der Waals surface area contributed by atoms with Gasteiger partial charge in [0.25, 0.3) is 0 Å². The summed E-state index contributed by atoms with van der Waals surface area (Å²) in [6.07, 6.45) is 3.81. The van der Waals surface area contributed by atoms with Crippen LogP contribution in [-0.4, -0.2) is 6.04 Å². The zero-order chi connectivity index (χ0) is 9.68. The molecule has 0 spiro atoms. The summed E-state index contributed by atoms with van der Waals surface area (Å²) in [4.78, 5) is 0. The first-order valence-electron chi connectivity index (χ1n) is 4.66. The third-order valence-corrected chi connectivity index (χ3v) is 2.19. The Morgan fingerprint density at radius 3 is 2.54 bits per heavy atom. The molecule has 0 aliphatic carbocycles. The highest BCUT2D eigenvalue weighted by atomic mass is 14.6. The van der Waals surface area contributed by atoms with E-state index in [1.54, 1.807) is 6.08 Å². The molecule has 0 heterocycles. The summed E-state index contributed by atoms with van der Waals surface area (Å²) in [6, 6.07) is 8.71.